The Morgan fingerprint density at radius 3 is 1.85 bits per heavy atom. The van der Waals surface area contributed by atoms with Gasteiger partial charge in [-0.2, -0.15) is 0 Å². The number of ether oxygens (including phenoxy) is 1. The normalized spacial score (nSPS) is 17.9. The number of carbonyl (C=O) groups excluding carboxylic acids is 2. The zero-order chi connectivity index (χ0) is 29.0. The Morgan fingerprint density at radius 1 is 0.825 bits per heavy atom. The van der Waals surface area contributed by atoms with Crippen LogP contribution in [0.1, 0.15) is 86.6 Å². The number of benzene rings is 3. The first kappa shape index (κ1) is 29.8. The van der Waals surface area contributed by atoms with Crippen LogP contribution in [-0.4, -0.2) is 33.2 Å². The Balaban J connectivity index is 0.000000185. The number of ketones is 1. The quantitative estimate of drug-likeness (QED) is 0.252. The van der Waals surface area contributed by atoms with Crippen LogP contribution < -0.4 is 5.32 Å². The molecule has 0 aliphatic heterocycles. The van der Waals surface area contributed by atoms with Gasteiger partial charge in [-0.25, -0.2) is 4.79 Å². The van der Waals surface area contributed by atoms with Gasteiger partial charge in [-0.05, 0) is 69.7 Å². The molecular formula is C33H38ClNO5. The second kappa shape index (κ2) is 12.1. The molecule has 3 aromatic carbocycles. The number of alkyl carbamates (subject to hydrolysis) is 1. The fourth-order valence-corrected chi connectivity index (χ4v) is 4.94. The lowest BCUT2D eigenvalue weighted by atomic mass is 9.86. The zero-order valence-electron chi connectivity index (χ0n) is 23.3. The molecule has 2 saturated carbocycles. The summed E-state index contributed by atoms with van der Waals surface area (Å²) in [6, 6.07) is 26.0. The number of aliphatic hydroxyl groups excluding tert-OH is 2. The monoisotopic (exact) mass is 563 g/mol. The van der Waals surface area contributed by atoms with Crippen molar-refractivity contribution in [3.8, 4) is 0 Å². The third-order valence-electron chi connectivity index (χ3n) is 7.44. The molecular weight excluding hydrogens is 526 g/mol. The molecule has 0 spiro atoms. The topological polar surface area (TPSA) is 95.9 Å². The highest BCUT2D eigenvalue weighted by molar-refractivity contribution is 6.30. The average Bonchev–Trinajstić information content (AvgIpc) is 3.86. The molecule has 5 rings (SSSR count). The van der Waals surface area contributed by atoms with Crippen LogP contribution in [-0.2, 0) is 4.74 Å². The Morgan fingerprint density at radius 2 is 1.35 bits per heavy atom. The molecule has 40 heavy (non-hydrogen) atoms. The van der Waals surface area contributed by atoms with Gasteiger partial charge < -0.3 is 20.3 Å². The molecule has 2 aliphatic carbocycles. The van der Waals surface area contributed by atoms with E-state index in [0.717, 1.165) is 42.4 Å². The molecule has 0 aromatic heterocycles. The third-order valence-corrected chi connectivity index (χ3v) is 7.70. The van der Waals surface area contributed by atoms with Crippen molar-refractivity contribution in [2.24, 2.45) is 5.41 Å². The SMILES string of the molecule is CC(C)(C)OC(=O)NC1(C(O)c2ccc(Cl)cc2)CC1.O=C(CC1(C(O)c2ccccc2)CC1)c1ccccc1. The summed E-state index contributed by atoms with van der Waals surface area (Å²) >= 11 is 5.83. The zero-order valence-corrected chi connectivity index (χ0v) is 24.0. The molecule has 3 aromatic rings. The molecule has 6 nitrogen and oxygen atoms in total. The van der Waals surface area contributed by atoms with E-state index in [2.05, 4.69) is 5.32 Å². The summed E-state index contributed by atoms with van der Waals surface area (Å²) in [7, 11) is 0. The van der Waals surface area contributed by atoms with Crippen LogP contribution in [0.4, 0.5) is 4.79 Å². The van der Waals surface area contributed by atoms with Gasteiger partial charge in [0, 0.05) is 22.4 Å². The molecule has 0 saturated heterocycles. The van der Waals surface area contributed by atoms with Crippen LogP contribution in [0.3, 0.4) is 0 Å². The number of rotatable bonds is 8. The van der Waals surface area contributed by atoms with Crippen molar-refractivity contribution in [1.29, 1.82) is 0 Å². The molecule has 2 aliphatic rings. The molecule has 3 N–H and O–H groups in total. The summed E-state index contributed by atoms with van der Waals surface area (Å²) in [4.78, 5) is 24.2. The number of carbonyl (C=O) groups is 2. The van der Waals surface area contributed by atoms with Crippen molar-refractivity contribution in [2.45, 2.75) is 76.2 Å². The highest BCUT2D eigenvalue weighted by atomic mass is 35.5. The summed E-state index contributed by atoms with van der Waals surface area (Å²) in [5.74, 6) is 0.123. The molecule has 0 heterocycles. The molecule has 212 valence electrons. The van der Waals surface area contributed by atoms with Crippen molar-refractivity contribution >= 4 is 23.5 Å². The van der Waals surface area contributed by atoms with E-state index in [1.165, 1.54) is 0 Å². The van der Waals surface area contributed by atoms with E-state index in [0.29, 0.717) is 11.4 Å². The molecule has 2 fully saturated rings. The van der Waals surface area contributed by atoms with Gasteiger partial charge in [-0.15, -0.1) is 0 Å². The fraction of sp³-hybridized carbons (Fsp3) is 0.394. The predicted molar refractivity (Wildman–Crippen MR) is 156 cm³/mol. The largest absolute Gasteiger partial charge is 0.444 e. The van der Waals surface area contributed by atoms with Gasteiger partial charge in [0.15, 0.2) is 5.78 Å². The van der Waals surface area contributed by atoms with Gasteiger partial charge in [0.05, 0.1) is 11.6 Å². The summed E-state index contributed by atoms with van der Waals surface area (Å²) in [6.45, 7) is 5.42. The second-order valence-corrected chi connectivity index (χ2v) is 12.3. The lowest BCUT2D eigenvalue weighted by molar-refractivity contribution is 0.0393. The number of aliphatic hydroxyl groups is 2. The lowest BCUT2D eigenvalue weighted by Crippen LogP contribution is -2.44. The molecule has 0 bridgehead atoms. The smallest absolute Gasteiger partial charge is 0.408 e. The van der Waals surface area contributed by atoms with Gasteiger partial charge in [0.25, 0.3) is 0 Å². The van der Waals surface area contributed by atoms with E-state index >= 15 is 0 Å². The van der Waals surface area contributed by atoms with Gasteiger partial charge in [0.2, 0.25) is 0 Å². The number of hydrogen-bond acceptors (Lipinski definition) is 5. The number of halogens is 1. The Bertz CT molecular complexity index is 1280. The first-order chi connectivity index (χ1) is 18.9. The van der Waals surface area contributed by atoms with E-state index < -0.39 is 29.4 Å². The van der Waals surface area contributed by atoms with Crippen molar-refractivity contribution in [2.75, 3.05) is 0 Å². The van der Waals surface area contributed by atoms with Crippen LogP contribution in [0.5, 0.6) is 0 Å². The van der Waals surface area contributed by atoms with Gasteiger partial charge >= 0.3 is 6.09 Å². The van der Waals surface area contributed by atoms with Crippen molar-refractivity contribution < 1.29 is 24.5 Å². The molecule has 2 atom stereocenters. The van der Waals surface area contributed by atoms with Crippen molar-refractivity contribution in [3.05, 3.63) is 107 Å². The number of nitrogens with one attached hydrogen (secondary N) is 1. The van der Waals surface area contributed by atoms with Crippen molar-refractivity contribution in [1.82, 2.24) is 5.32 Å². The van der Waals surface area contributed by atoms with Gasteiger partial charge in [-0.1, -0.05) is 84.4 Å². The predicted octanol–water partition coefficient (Wildman–Crippen LogP) is 7.20. The number of hydrogen-bond donors (Lipinski definition) is 3. The maximum Gasteiger partial charge on any atom is 0.408 e. The minimum Gasteiger partial charge on any atom is -0.444 e. The standard InChI is InChI=1S/C18H18O2.C15H20ClNO3/c19-16(14-7-3-1-4-8-14)13-18(11-12-18)17(20)15-9-5-2-6-10-15;1-14(2,3)20-13(19)17-15(8-9-15)12(18)10-4-6-11(16)7-5-10/h1-10,17,20H,11-13H2;4-7,12,18H,8-9H2,1-3H3,(H,17,19). The van der Waals surface area contributed by atoms with Crippen LogP contribution in [0.2, 0.25) is 5.02 Å². The molecule has 1 amide bonds. The summed E-state index contributed by atoms with van der Waals surface area (Å²) in [5.41, 5.74) is 0.961. The van der Waals surface area contributed by atoms with Crippen molar-refractivity contribution in [3.63, 3.8) is 0 Å². The van der Waals surface area contributed by atoms with E-state index in [1.54, 1.807) is 24.3 Å². The maximum atomic E-state index is 12.3. The third kappa shape index (κ3) is 7.72. The first-order valence-corrected chi connectivity index (χ1v) is 14.1. The Hall–Kier alpha value is -3.19. The van der Waals surface area contributed by atoms with Gasteiger partial charge in [0.1, 0.15) is 11.7 Å². The molecule has 2 unspecified atom stereocenters. The lowest BCUT2D eigenvalue weighted by Gasteiger charge is -2.26. The summed E-state index contributed by atoms with van der Waals surface area (Å²) < 4.78 is 5.24. The minimum absolute atomic E-state index is 0.123. The van der Waals surface area contributed by atoms with E-state index in [-0.39, 0.29) is 11.2 Å². The summed E-state index contributed by atoms with van der Waals surface area (Å²) in [5, 5.41) is 24.4. The maximum absolute atomic E-state index is 12.3. The van der Waals surface area contributed by atoms with Gasteiger partial charge in [-0.3, -0.25) is 4.79 Å². The minimum atomic E-state index is -0.757. The van der Waals surface area contributed by atoms with Crippen LogP contribution in [0, 0.1) is 5.41 Å². The van der Waals surface area contributed by atoms with E-state index in [9.17, 15) is 19.8 Å². The fourth-order valence-electron chi connectivity index (χ4n) is 4.81. The molecule has 7 heteroatoms. The average molecular weight is 564 g/mol. The highest BCUT2D eigenvalue weighted by Crippen LogP contribution is 2.58. The Kier molecular flexibility index (Phi) is 9.03. The molecule has 0 radical (unpaired) electrons. The van der Waals surface area contributed by atoms with E-state index in [4.69, 9.17) is 16.3 Å². The summed E-state index contributed by atoms with van der Waals surface area (Å²) in [6.07, 6.45) is 1.93. The number of Topliss-reactive ketones (excluding diaryl/α,β-unsaturated/α-hetero) is 1. The number of amides is 1. The first-order valence-electron chi connectivity index (χ1n) is 13.7. The van der Waals surface area contributed by atoms with E-state index in [1.807, 2.05) is 81.4 Å². The van der Waals surface area contributed by atoms with Crippen LogP contribution >= 0.6 is 11.6 Å². The van der Waals surface area contributed by atoms with Crippen LogP contribution in [0.15, 0.2) is 84.9 Å². The highest BCUT2D eigenvalue weighted by Gasteiger charge is 2.52. The second-order valence-electron chi connectivity index (χ2n) is 11.9. The Labute approximate surface area is 241 Å². The van der Waals surface area contributed by atoms with Crippen LogP contribution in [0.25, 0.3) is 0 Å².